The molecule has 47 heavy (non-hydrogen) atoms. The summed E-state index contributed by atoms with van der Waals surface area (Å²) in [5.41, 5.74) is 14.6. The van der Waals surface area contributed by atoms with Crippen LogP contribution in [0.5, 0.6) is 0 Å². The SMILES string of the molecule is CC(C)c1cc(-c2ccccc2)cc(C(C)C)c1C1(C)C(c2cccc3c2oc2cc(-c4ccccc4)ccc23)=Nc2ccccc21. The molecule has 0 fully saturated rings. The maximum absolute atomic E-state index is 6.84. The molecule has 0 spiro atoms. The Hall–Kier alpha value is -5.21. The van der Waals surface area contributed by atoms with Crippen LogP contribution in [0.4, 0.5) is 5.69 Å². The monoisotopic (exact) mass is 609 g/mol. The van der Waals surface area contributed by atoms with Crippen molar-refractivity contribution in [3.8, 4) is 22.3 Å². The highest BCUT2D eigenvalue weighted by molar-refractivity contribution is 6.22. The molecule has 2 heteroatoms. The normalized spacial score (nSPS) is 15.9. The second kappa shape index (κ2) is 11.2. The van der Waals surface area contributed by atoms with Gasteiger partial charge < -0.3 is 4.42 Å². The Labute approximate surface area is 277 Å². The Kier molecular flexibility index (Phi) is 6.99. The predicted molar refractivity (Wildman–Crippen MR) is 198 cm³/mol. The van der Waals surface area contributed by atoms with Crippen LogP contribution < -0.4 is 0 Å². The van der Waals surface area contributed by atoms with Crippen LogP contribution in [0.15, 0.2) is 143 Å². The van der Waals surface area contributed by atoms with Crippen LogP contribution in [-0.4, -0.2) is 5.71 Å². The van der Waals surface area contributed by atoms with Crippen LogP contribution in [0.2, 0.25) is 0 Å². The Balaban J connectivity index is 1.39. The largest absolute Gasteiger partial charge is 0.455 e. The van der Waals surface area contributed by atoms with E-state index in [0.717, 1.165) is 44.5 Å². The first-order valence-electron chi connectivity index (χ1n) is 16.8. The van der Waals surface area contributed by atoms with E-state index in [4.69, 9.17) is 9.41 Å². The van der Waals surface area contributed by atoms with Gasteiger partial charge in [-0.25, -0.2) is 0 Å². The van der Waals surface area contributed by atoms with Gasteiger partial charge in [-0.3, -0.25) is 4.99 Å². The summed E-state index contributed by atoms with van der Waals surface area (Å²) in [7, 11) is 0. The van der Waals surface area contributed by atoms with Gasteiger partial charge in [-0.1, -0.05) is 137 Å². The first kappa shape index (κ1) is 29.2. The molecule has 0 aliphatic carbocycles. The van der Waals surface area contributed by atoms with E-state index in [1.165, 1.54) is 38.9 Å². The topological polar surface area (TPSA) is 25.5 Å². The van der Waals surface area contributed by atoms with E-state index in [1.54, 1.807) is 0 Å². The van der Waals surface area contributed by atoms with Gasteiger partial charge >= 0.3 is 0 Å². The van der Waals surface area contributed by atoms with Gasteiger partial charge in [-0.05, 0) is 87.5 Å². The van der Waals surface area contributed by atoms with E-state index < -0.39 is 5.41 Å². The molecular formula is C45H39NO. The van der Waals surface area contributed by atoms with Gasteiger partial charge in [0.05, 0.1) is 16.8 Å². The van der Waals surface area contributed by atoms with Crippen LogP contribution >= 0.6 is 0 Å². The predicted octanol–water partition coefficient (Wildman–Crippen LogP) is 12.6. The van der Waals surface area contributed by atoms with Crippen molar-refractivity contribution in [2.75, 3.05) is 0 Å². The molecule has 7 aromatic rings. The number of hydrogen-bond donors (Lipinski definition) is 0. The quantitative estimate of drug-likeness (QED) is 0.184. The van der Waals surface area contributed by atoms with Crippen molar-refractivity contribution in [2.24, 2.45) is 4.99 Å². The summed E-state index contributed by atoms with van der Waals surface area (Å²) in [6.45, 7) is 11.7. The average molecular weight is 610 g/mol. The van der Waals surface area contributed by atoms with E-state index in [0.29, 0.717) is 11.8 Å². The first-order chi connectivity index (χ1) is 22.8. The number of benzene rings is 6. The van der Waals surface area contributed by atoms with Gasteiger partial charge in [-0.2, -0.15) is 0 Å². The Bertz CT molecular complexity index is 2280. The summed E-state index contributed by atoms with van der Waals surface area (Å²) < 4.78 is 6.84. The van der Waals surface area contributed by atoms with Crippen molar-refractivity contribution in [2.45, 2.75) is 51.9 Å². The summed E-state index contributed by atoms with van der Waals surface area (Å²) in [6.07, 6.45) is 0. The fourth-order valence-corrected chi connectivity index (χ4v) is 7.70. The molecule has 0 radical (unpaired) electrons. The Morgan fingerprint density at radius 2 is 1.17 bits per heavy atom. The molecule has 1 atom stereocenters. The van der Waals surface area contributed by atoms with Crippen LogP contribution in [0.3, 0.4) is 0 Å². The molecule has 1 aliphatic heterocycles. The molecular weight excluding hydrogens is 571 g/mol. The molecule has 0 saturated heterocycles. The lowest BCUT2D eigenvalue weighted by Crippen LogP contribution is -2.35. The maximum Gasteiger partial charge on any atom is 0.144 e. The van der Waals surface area contributed by atoms with Crippen molar-refractivity contribution in [1.82, 2.24) is 0 Å². The van der Waals surface area contributed by atoms with Crippen LogP contribution in [0.25, 0.3) is 44.2 Å². The van der Waals surface area contributed by atoms with E-state index >= 15 is 0 Å². The standard InChI is InChI=1S/C45H39NO/c1-28(2)37-25-33(31-17-10-7-11-18-31)26-38(29(3)4)42(37)45(5)39-21-12-13-22-40(39)46-44(45)36-20-14-19-35-34-24-23-32(27-41(34)47-43(35)36)30-15-8-6-9-16-30/h6-29H,1-5H3. The maximum atomic E-state index is 6.84. The first-order valence-corrected chi connectivity index (χ1v) is 16.8. The number of nitrogens with zero attached hydrogens (tertiary/aromatic N) is 1. The fourth-order valence-electron chi connectivity index (χ4n) is 7.70. The highest BCUT2D eigenvalue weighted by Gasteiger charge is 2.45. The highest BCUT2D eigenvalue weighted by Crippen LogP contribution is 2.52. The van der Waals surface area contributed by atoms with E-state index in [9.17, 15) is 0 Å². The second-order valence-electron chi connectivity index (χ2n) is 13.7. The fraction of sp³-hybridized carbons (Fsp3) is 0.178. The van der Waals surface area contributed by atoms with Crippen molar-refractivity contribution in [3.63, 3.8) is 0 Å². The summed E-state index contributed by atoms with van der Waals surface area (Å²) >= 11 is 0. The van der Waals surface area contributed by atoms with Crippen LogP contribution in [0.1, 0.15) is 74.3 Å². The average Bonchev–Trinajstić information content (AvgIpc) is 3.63. The van der Waals surface area contributed by atoms with Gasteiger partial charge in [0.1, 0.15) is 11.2 Å². The van der Waals surface area contributed by atoms with Gasteiger partial charge in [0.15, 0.2) is 0 Å². The molecule has 2 nitrogen and oxygen atoms in total. The molecule has 1 aromatic heterocycles. The van der Waals surface area contributed by atoms with Crippen molar-refractivity contribution in [1.29, 1.82) is 0 Å². The third kappa shape index (κ3) is 4.66. The minimum Gasteiger partial charge on any atom is -0.455 e. The third-order valence-corrected chi connectivity index (χ3v) is 10.1. The number of para-hydroxylation sites is 2. The summed E-state index contributed by atoms with van der Waals surface area (Å²) in [5, 5.41) is 2.24. The van der Waals surface area contributed by atoms with Crippen molar-refractivity contribution in [3.05, 3.63) is 161 Å². The number of rotatable bonds is 6. The van der Waals surface area contributed by atoms with Gasteiger partial charge in [0, 0.05) is 16.3 Å². The molecule has 6 aromatic carbocycles. The second-order valence-corrected chi connectivity index (χ2v) is 13.7. The zero-order valence-corrected chi connectivity index (χ0v) is 27.7. The summed E-state index contributed by atoms with van der Waals surface area (Å²) in [5.74, 6) is 0.630. The number of fused-ring (bicyclic) bond motifs is 4. The lowest BCUT2D eigenvalue weighted by molar-refractivity contribution is 0.666. The van der Waals surface area contributed by atoms with Crippen molar-refractivity contribution < 1.29 is 4.42 Å². The van der Waals surface area contributed by atoms with Crippen molar-refractivity contribution >= 4 is 33.3 Å². The molecule has 2 heterocycles. The van der Waals surface area contributed by atoms with Crippen LogP contribution in [0, 0.1) is 0 Å². The summed E-state index contributed by atoms with van der Waals surface area (Å²) in [6, 6.07) is 48.0. The molecule has 1 aliphatic rings. The van der Waals surface area contributed by atoms with E-state index in [1.807, 2.05) is 0 Å². The molecule has 230 valence electrons. The smallest absolute Gasteiger partial charge is 0.144 e. The zero-order chi connectivity index (χ0) is 32.3. The van der Waals surface area contributed by atoms with Gasteiger partial charge in [0.25, 0.3) is 0 Å². The van der Waals surface area contributed by atoms with Gasteiger partial charge in [-0.15, -0.1) is 0 Å². The molecule has 8 rings (SSSR count). The number of furan rings is 1. The number of hydrogen-bond acceptors (Lipinski definition) is 2. The van der Waals surface area contributed by atoms with E-state index in [2.05, 4.69) is 168 Å². The van der Waals surface area contributed by atoms with E-state index in [-0.39, 0.29) is 0 Å². The minimum atomic E-state index is -0.493. The molecule has 1 unspecified atom stereocenters. The molecule has 0 amide bonds. The molecule has 0 N–H and O–H groups in total. The third-order valence-electron chi connectivity index (χ3n) is 10.1. The molecule has 0 bridgehead atoms. The minimum absolute atomic E-state index is 0.315. The Morgan fingerprint density at radius 1 is 0.553 bits per heavy atom. The highest BCUT2D eigenvalue weighted by atomic mass is 16.3. The lowest BCUT2D eigenvalue weighted by atomic mass is 9.66. The lowest BCUT2D eigenvalue weighted by Gasteiger charge is -2.35. The summed E-state index contributed by atoms with van der Waals surface area (Å²) in [4.78, 5) is 5.48. The van der Waals surface area contributed by atoms with Gasteiger partial charge in [0.2, 0.25) is 0 Å². The molecule has 0 saturated carbocycles. The number of aliphatic imine (C=N–C) groups is 1. The Morgan fingerprint density at radius 3 is 1.83 bits per heavy atom. The zero-order valence-electron chi connectivity index (χ0n) is 27.7. The van der Waals surface area contributed by atoms with Crippen LogP contribution in [-0.2, 0) is 5.41 Å².